The van der Waals surface area contributed by atoms with Crippen LogP contribution in [0.1, 0.15) is 40.8 Å². The first kappa shape index (κ1) is 11.7. The van der Waals surface area contributed by atoms with Gasteiger partial charge in [0.1, 0.15) is 10.0 Å². The molecule has 0 aliphatic rings. The van der Waals surface area contributed by atoms with Gasteiger partial charge in [-0.3, -0.25) is 5.32 Å². The molecular formula is C11H15N3S2. The van der Waals surface area contributed by atoms with Crippen LogP contribution in [0.15, 0.2) is 17.8 Å². The molecule has 2 atom stereocenters. The molecule has 2 aromatic rings. The normalized spacial score (nSPS) is 14.9. The van der Waals surface area contributed by atoms with Crippen LogP contribution in [0, 0.1) is 6.92 Å². The summed E-state index contributed by atoms with van der Waals surface area (Å²) in [4.78, 5) is 9.95. The Kier molecular flexibility index (Phi) is 3.68. The molecule has 2 heterocycles. The minimum atomic E-state index is 0.276. The number of hydrogen-bond donors (Lipinski definition) is 1. The minimum absolute atomic E-state index is 0.276. The van der Waals surface area contributed by atoms with Gasteiger partial charge < -0.3 is 0 Å². The number of aromatic nitrogens is 2. The Morgan fingerprint density at radius 3 is 2.50 bits per heavy atom. The van der Waals surface area contributed by atoms with Gasteiger partial charge in [-0.1, -0.05) is 0 Å². The van der Waals surface area contributed by atoms with Crippen molar-refractivity contribution in [2.24, 2.45) is 0 Å². The van der Waals surface area contributed by atoms with E-state index in [1.54, 1.807) is 22.7 Å². The van der Waals surface area contributed by atoms with Crippen molar-refractivity contribution in [1.82, 2.24) is 15.3 Å². The number of nitrogens with one attached hydrogen (secondary N) is 1. The molecule has 0 radical (unpaired) electrons. The largest absolute Gasteiger partial charge is 0.299 e. The van der Waals surface area contributed by atoms with Crippen LogP contribution in [0.5, 0.6) is 0 Å². The zero-order valence-corrected chi connectivity index (χ0v) is 11.2. The van der Waals surface area contributed by atoms with Gasteiger partial charge in [-0.2, -0.15) is 0 Å². The van der Waals surface area contributed by atoms with Gasteiger partial charge in [-0.15, -0.1) is 22.7 Å². The molecule has 5 heteroatoms. The van der Waals surface area contributed by atoms with E-state index < -0.39 is 0 Å². The van der Waals surface area contributed by atoms with Crippen LogP contribution in [0.3, 0.4) is 0 Å². The van der Waals surface area contributed by atoms with E-state index in [4.69, 9.17) is 0 Å². The van der Waals surface area contributed by atoms with Crippen molar-refractivity contribution in [3.8, 4) is 0 Å². The zero-order valence-electron chi connectivity index (χ0n) is 9.60. The van der Waals surface area contributed by atoms with Crippen LogP contribution in [-0.4, -0.2) is 9.97 Å². The van der Waals surface area contributed by atoms with Gasteiger partial charge in [0.05, 0.1) is 12.1 Å². The molecule has 0 saturated heterocycles. The number of nitrogens with zero attached hydrogens (tertiary/aromatic N) is 2. The van der Waals surface area contributed by atoms with E-state index in [9.17, 15) is 0 Å². The van der Waals surface area contributed by atoms with Crippen molar-refractivity contribution in [2.45, 2.75) is 32.9 Å². The lowest BCUT2D eigenvalue weighted by atomic mass is 10.3. The summed E-state index contributed by atoms with van der Waals surface area (Å²) >= 11 is 3.43. The molecule has 0 aliphatic heterocycles. The van der Waals surface area contributed by atoms with E-state index in [0.29, 0.717) is 0 Å². The Hall–Kier alpha value is -0.780. The Labute approximate surface area is 104 Å². The number of hydrogen-bond acceptors (Lipinski definition) is 5. The monoisotopic (exact) mass is 253 g/mol. The molecule has 16 heavy (non-hydrogen) atoms. The first-order valence-corrected chi connectivity index (χ1v) is 6.94. The number of aryl methyl sites for hydroxylation is 1. The summed E-state index contributed by atoms with van der Waals surface area (Å²) in [5, 5.41) is 7.78. The van der Waals surface area contributed by atoms with Crippen LogP contribution in [-0.2, 0) is 0 Å². The lowest BCUT2D eigenvalue weighted by Gasteiger charge is -2.16. The molecule has 86 valence electrons. The quantitative estimate of drug-likeness (QED) is 0.908. The topological polar surface area (TPSA) is 37.8 Å². The van der Waals surface area contributed by atoms with Crippen molar-refractivity contribution in [2.75, 3.05) is 0 Å². The SMILES string of the molecule is Cc1cnc(C(C)NC(C)c2nccs2)s1. The maximum Gasteiger partial charge on any atom is 0.109 e. The van der Waals surface area contributed by atoms with Crippen molar-refractivity contribution in [1.29, 1.82) is 0 Å². The molecule has 0 fully saturated rings. The number of thiazole rings is 2. The fraction of sp³-hybridized carbons (Fsp3) is 0.455. The third-order valence-electron chi connectivity index (χ3n) is 2.33. The van der Waals surface area contributed by atoms with Gasteiger partial charge in [-0.25, -0.2) is 9.97 Å². The van der Waals surface area contributed by atoms with Crippen LogP contribution in [0.4, 0.5) is 0 Å². The Bertz CT molecular complexity index is 436. The van der Waals surface area contributed by atoms with E-state index >= 15 is 0 Å². The molecule has 2 aromatic heterocycles. The predicted octanol–water partition coefficient (Wildman–Crippen LogP) is 3.32. The third kappa shape index (κ3) is 2.66. The maximum absolute atomic E-state index is 4.39. The molecule has 0 spiro atoms. The van der Waals surface area contributed by atoms with Gasteiger partial charge in [0.15, 0.2) is 0 Å². The van der Waals surface area contributed by atoms with Crippen molar-refractivity contribution in [3.05, 3.63) is 32.7 Å². The van der Waals surface area contributed by atoms with Crippen molar-refractivity contribution >= 4 is 22.7 Å². The Balaban J connectivity index is 2.00. The van der Waals surface area contributed by atoms with Crippen LogP contribution >= 0.6 is 22.7 Å². The average Bonchev–Trinajstić information content (AvgIpc) is 2.87. The van der Waals surface area contributed by atoms with Crippen molar-refractivity contribution < 1.29 is 0 Å². The maximum atomic E-state index is 4.39. The number of rotatable bonds is 4. The Morgan fingerprint density at radius 2 is 1.94 bits per heavy atom. The first-order chi connectivity index (χ1) is 7.66. The summed E-state index contributed by atoms with van der Waals surface area (Å²) in [6.45, 7) is 6.36. The zero-order chi connectivity index (χ0) is 11.5. The standard InChI is InChI=1S/C11H15N3S2/c1-7-6-13-11(16-7)9(3)14-8(2)10-12-4-5-15-10/h4-6,8-9,14H,1-3H3. The van der Waals surface area contributed by atoms with Gasteiger partial charge in [-0.05, 0) is 20.8 Å². The van der Waals surface area contributed by atoms with E-state index in [1.165, 1.54) is 4.88 Å². The fourth-order valence-corrected chi connectivity index (χ4v) is 2.98. The van der Waals surface area contributed by atoms with E-state index in [1.807, 2.05) is 17.8 Å². The molecule has 3 nitrogen and oxygen atoms in total. The van der Waals surface area contributed by atoms with E-state index in [0.717, 1.165) is 10.0 Å². The minimum Gasteiger partial charge on any atom is -0.299 e. The molecule has 0 aliphatic carbocycles. The molecule has 2 rings (SSSR count). The predicted molar refractivity (Wildman–Crippen MR) is 68.9 cm³/mol. The molecule has 0 saturated carbocycles. The highest BCUT2D eigenvalue weighted by molar-refractivity contribution is 7.11. The van der Waals surface area contributed by atoms with Gasteiger partial charge >= 0.3 is 0 Å². The summed E-state index contributed by atoms with van der Waals surface area (Å²) in [5.74, 6) is 0. The summed E-state index contributed by atoms with van der Waals surface area (Å²) in [6.07, 6.45) is 3.77. The fourth-order valence-electron chi connectivity index (χ4n) is 1.54. The van der Waals surface area contributed by atoms with E-state index in [2.05, 4.69) is 36.1 Å². The van der Waals surface area contributed by atoms with E-state index in [-0.39, 0.29) is 12.1 Å². The third-order valence-corrected chi connectivity index (χ3v) is 4.39. The van der Waals surface area contributed by atoms with Crippen LogP contribution < -0.4 is 5.32 Å². The molecule has 2 unspecified atom stereocenters. The highest BCUT2D eigenvalue weighted by Gasteiger charge is 2.14. The summed E-state index contributed by atoms with van der Waals surface area (Å²) in [5.41, 5.74) is 0. The van der Waals surface area contributed by atoms with Crippen LogP contribution in [0.2, 0.25) is 0 Å². The molecule has 0 aromatic carbocycles. The molecule has 0 amide bonds. The van der Waals surface area contributed by atoms with Gasteiger partial charge in [0.25, 0.3) is 0 Å². The molecule has 1 N–H and O–H groups in total. The molecule has 0 bridgehead atoms. The smallest absolute Gasteiger partial charge is 0.109 e. The summed E-state index contributed by atoms with van der Waals surface area (Å²) in [6, 6.07) is 0.553. The first-order valence-electron chi connectivity index (χ1n) is 5.24. The highest BCUT2D eigenvalue weighted by Crippen LogP contribution is 2.23. The van der Waals surface area contributed by atoms with Gasteiger partial charge in [0.2, 0.25) is 0 Å². The lowest BCUT2D eigenvalue weighted by Crippen LogP contribution is -2.22. The summed E-state index contributed by atoms with van der Waals surface area (Å²) < 4.78 is 0. The lowest BCUT2D eigenvalue weighted by molar-refractivity contribution is 0.491. The highest BCUT2D eigenvalue weighted by atomic mass is 32.1. The second-order valence-electron chi connectivity index (χ2n) is 3.79. The second kappa shape index (κ2) is 5.03. The Morgan fingerprint density at radius 1 is 1.19 bits per heavy atom. The summed E-state index contributed by atoms with van der Waals surface area (Å²) in [7, 11) is 0. The van der Waals surface area contributed by atoms with Crippen LogP contribution in [0.25, 0.3) is 0 Å². The molecular weight excluding hydrogens is 238 g/mol. The van der Waals surface area contributed by atoms with Crippen molar-refractivity contribution in [3.63, 3.8) is 0 Å². The average molecular weight is 253 g/mol. The second-order valence-corrected chi connectivity index (χ2v) is 5.98. The van der Waals surface area contributed by atoms with Gasteiger partial charge in [0, 0.05) is 22.7 Å².